The Balaban J connectivity index is 4.39. The highest BCUT2D eigenvalue weighted by atomic mass is 32.2. The normalized spacial score (nSPS) is 11.1. The highest BCUT2D eigenvalue weighted by Gasteiger charge is 2.08. The third-order valence-electron chi connectivity index (χ3n) is 1.68. The largest absolute Gasteiger partial charge is 0.351 e. The molecule has 0 saturated heterocycles. The number of thioether (sulfide) groups is 1. The van der Waals surface area contributed by atoms with Crippen LogP contribution < -0.4 is 0 Å². The van der Waals surface area contributed by atoms with Gasteiger partial charge in [0.15, 0.2) is 5.17 Å². The van der Waals surface area contributed by atoms with E-state index in [1.165, 1.54) is 0 Å². The molecular weight excluding hydrogens is 194 g/mol. The molecule has 0 aliphatic heterocycles. The van der Waals surface area contributed by atoms with Crippen molar-refractivity contribution >= 4 is 16.9 Å². The standard InChI is InChI=1S/C10H19N3S/c1-4-7-13(8-5-2)10(12-9-11)14-6-3/h4-8H2,1-3H3. The third kappa shape index (κ3) is 5.13. The Kier molecular flexibility index (Phi) is 8.45. The lowest BCUT2D eigenvalue weighted by atomic mass is 10.4. The molecule has 0 N–H and O–H groups in total. The minimum atomic E-state index is 0.874. The zero-order valence-corrected chi connectivity index (χ0v) is 10.1. The fourth-order valence-corrected chi connectivity index (χ4v) is 1.94. The monoisotopic (exact) mass is 213 g/mol. The van der Waals surface area contributed by atoms with E-state index in [1.807, 2.05) is 6.19 Å². The van der Waals surface area contributed by atoms with Gasteiger partial charge in [0, 0.05) is 13.1 Å². The topological polar surface area (TPSA) is 39.4 Å². The van der Waals surface area contributed by atoms with Gasteiger partial charge < -0.3 is 4.90 Å². The van der Waals surface area contributed by atoms with Crippen molar-refractivity contribution in [3.63, 3.8) is 0 Å². The van der Waals surface area contributed by atoms with Crippen LogP contribution in [-0.4, -0.2) is 28.9 Å². The summed E-state index contributed by atoms with van der Waals surface area (Å²) in [6.45, 7) is 8.34. The fourth-order valence-electron chi connectivity index (χ4n) is 1.21. The van der Waals surface area contributed by atoms with Crippen LogP contribution in [0.3, 0.4) is 0 Å². The Morgan fingerprint density at radius 1 is 1.29 bits per heavy atom. The molecule has 80 valence electrons. The van der Waals surface area contributed by atoms with E-state index in [0.29, 0.717) is 0 Å². The molecular formula is C10H19N3S. The van der Waals surface area contributed by atoms with Crippen molar-refractivity contribution in [1.82, 2.24) is 4.90 Å². The summed E-state index contributed by atoms with van der Waals surface area (Å²) >= 11 is 1.64. The molecule has 3 nitrogen and oxygen atoms in total. The molecule has 0 aromatic carbocycles. The maximum atomic E-state index is 8.57. The van der Waals surface area contributed by atoms with Gasteiger partial charge in [0.2, 0.25) is 6.19 Å². The fraction of sp³-hybridized carbons (Fsp3) is 0.800. The third-order valence-corrected chi connectivity index (χ3v) is 2.57. The zero-order valence-electron chi connectivity index (χ0n) is 9.29. The van der Waals surface area contributed by atoms with Crippen molar-refractivity contribution in [2.24, 2.45) is 4.99 Å². The first-order chi connectivity index (χ1) is 6.79. The van der Waals surface area contributed by atoms with Gasteiger partial charge >= 0.3 is 0 Å². The Hall–Kier alpha value is -0.690. The maximum absolute atomic E-state index is 8.57. The number of rotatable bonds is 5. The number of nitriles is 1. The average Bonchev–Trinajstić information content (AvgIpc) is 2.17. The van der Waals surface area contributed by atoms with Gasteiger partial charge in [0.1, 0.15) is 0 Å². The lowest BCUT2D eigenvalue weighted by molar-refractivity contribution is 0.424. The molecule has 0 bridgehead atoms. The van der Waals surface area contributed by atoms with Crippen LogP contribution in [0.1, 0.15) is 33.6 Å². The second-order valence-corrected chi connectivity index (χ2v) is 4.15. The van der Waals surface area contributed by atoms with Crippen molar-refractivity contribution in [2.75, 3.05) is 18.8 Å². The van der Waals surface area contributed by atoms with Crippen molar-refractivity contribution in [1.29, 1.82) is 5.26 Å². The summed E-state index contributed by atoms with van der Waals surface area (Å²) in [5, 5.41) is 9.44. The summed E-state index contributed by atoms with van der Waals surface area (Å²) in [4.78, 5) is 6.05. The molecule has 0 unspecified atom stereocenters. The molecule has 0 aromatic heterocycles. The first-order valence-corrected chi connectivity index (χ1v) is 6.13. The Morgan fingerprint density at radius 3 is 2.21 bits per heavy atom. The van der Waals surface area contributed by atoms with E-state index in [2.05, 4.69) is 30.7 Å². The molecule has 4 heteroatoms. The molecule has 0 rings (SSSR count). The van der Waals surface area contributed by atoms with Crippen molar-refractivity contribution in [2.45, 2.75) is 33.6 Å². The molecule has 0 atom stereocenters. The van der Waals surface area contributed by atoms with E-state index >= 15 is 0 Å². The first-order valence-electron chi connectivity index (χ1n) is 5.14. The summed E-state index contributed by atoms with van der Waals surface area (Å²) < 4.78 is 0. The Bertz CT molecular complexity index is 202. The van der Waals surface area contributed by atoms with E-state index in [0.717, 1.165) is 36.9 Å². The van der Waals surface area contributed by atoms with Crippen LogP contribution in [0.15, 0.2) is 4.99 Å². The first kappa shape index (κ1) is 13.3. The van der Waals surface area contributed by atoms with Crippen LogP contribution >= 0.6 is 11.8 Å². The molecule has 0 aliphatic rings. The number of nitrogens with zero attached hydrogens (tertiary/aromatic N) is 3. The van der Waals surface area contributed by atoms with Crippen molar-refractivity contribution < 1.29 is 0 Å². The summed E-state index contributed by atoms with van der Waals surface area (Å²) in [6.07, 6.45) is 4.06. The predicted molar refractivity (Wildman–Crippen MR) is 63.3 cm³/mol. The van der Waals surface area contributed by atoms with Crippen LogP contribution in [0.4, 0.5) is 0 Å². The number of hydrogen-bond donors (Lipinski definition) is 0. The average molecular weight is 213 g/mol. The highest BCUT2D eigenvalue weighted by molar-refractivity contribution is 8.13. The minimum absolute atomic E-state index is 0.874. The smallest absolute Gasteiger partial charge is 0.208 e. The number of amidine groups is 1. The Labute approximate surface area is 91.2 Å². The van der Waals surface area contributed by atoms with E-state index in [9.17, 15) is 0 Å². The summed E-state index contributed by atoms with van der Waals surface area (Å²) in [7, 11) is 0. The molecule has 0 aliphatic carbocycles. The van der Waals surface area contributed by atoms with Gasteiger partial charge in [-0.15, -0.1) is 4.99 Å². The summed E-state index contributed by atoms with van der Waals surface area (Å²) in [6, 6.07) is 0. The zero-order chi connectivity index (χ0) is 10.8. The van der Waals surface area contributed by atoms with Crippen molar-refractivity contribution in [3.05, 3.63) is 0 Å². The second kappa shape index (κ2) is 8.89. The van der Waals surface area contributed by atoms with E-state index in [1.54, 1.807) is 11.8 Å². The summed E-state index contributed by atoms with van der Waals surface area (Å²) in [5.41, 5.74) is 0. The lowest BCUT2D eigenvalue weighted by Gasteiger charge is -2.23. The molecule has 0 radical (unpaired) electrons. The second-order valence-electron chi connectivity index (χ2n) is 2.91. The lowest BCUT2D eigenvalue weighted by Crippen LogP contribution is -2.30. The number of hydrogen-bond acceptors (Lipinski definition) is 3. The van der Waals surface area contributed by atoms with E-state index in [-0.39, 0.29) is 0 Å². The molecule has 0 spiro atoms. The van der Waals surface area contributed by atoms with Gasteiger partial charge in [0.05, 0.1) is 0 Å². The Morgan fingerprint density at radius 2 is 1.86 bits per heavy atom. The van der Waals surface area contributed by atoms with Gasteiger partial charge in [-0.25, -0.2) is 0 Å². The molecule has 14 heavy (non-hydrogen) atoms. The van der Waals surface area contributed by atoms with Crippen LogP contribution in [-0.2, 0) is 0 Å². The van der Waals surface area contributed by atoms with Crippen LogP contribution in [0.2, 0.25) is 0 Å². The van der Waals surface area contributed by atoms with Gasteiger partial charge in [-0.3, -0.25) is 0 Å². The number of aliphatic imine (C=N–C) groups is 1. The maximum Gasteiger partial charge on any atom is 0.208 e. The van der Waals surface area contributed by atoms with Gasteiger partial charge in [-0.05, 0) is 18.6 Å². The molecule has 0 fully saturated rings. The quantitative estimate of drug-likeness (QED) is 0.400. The van der Waals surface area contributed by atoms with Gasteiger partial charge in [-0.2, -0.15) is 5.26 Å². The molecule has 0 heterocycles. The molecule has 0 amide bonds. The molecule has 0 saturated carbocycles. The summed E-state index contributed by atoms with van der Waals surface area (Å²) in [5.74, 6) is 0.963. The van der Waals surface area contributed by atoms with E-state index < -0.39 is 0 Å². The molecule has 0 aromatic rings. The van der Waals surface area contributed by atoms with E-state index in [4.69, 9.17) is 5.26 Å². The van der Waals surface area contributed by atoms with Gasteiger partial charge in [0.25, 0.3) is 0 Å². The van der Waals surface area contributed by atoms with Crippen LogP contribution in [0, 0.1) is 11.5 Å². The van der Waals surface area contributed by atoms with Crippen LogP contribution in [0.5, 0.6) is 0 Å². The SMILES string of the molecule is CCCN(CCC)C(=NC#N)SCC. The van der Waals surface area contributed by atoms with Crippen LogP contribution in [0.25, 0.3) is 0 Å². The predicted octanol–water partition coefficient (Wildman–Crippen LogP) is 2.70. The van der Waals surface area contributed by atoms with Crippen molar-refractivity contribution in [3.8, 4) is 6.19 Å². The van der Waals surface area contributed by atoms with Gasteiger partial charge in [-0.1, -0.05) is 32.5 Å². The minimum Gasteiger partial charge on any atom is -0.351 e. The highest BCUT2D eigenvalue weighted by Crippen LogP contribution is 2.10.